The van der Waals surface area contributed by atoms with Crippen molar-refractivity contribution in [3.8, 4) is 0 Å². The smallest absolute Gasteiger partial charge is 0.361 e. The van der Waals surface area contributed by atoms with Gasteiger partial charge in [-0.05, 0) is 83.5 Å². The molecule has 0 heterocycles. The fourth-order valence-electron chi connectivity index (χ4n) is 11.2. The maximum atomic E-state index is 13.0. The van der Waals surface area contributed by atoms with Gasteiger partial charge in [0.1, 0.15) is 13.2 Å². The molecule has 89 heavy (non-hydrogen) atoms. The number of esters is 2. The molecular weight excluding hydrogens is 1100 g/mol. The largest absolute Gasteiger partial charge is 0.477 e. The van der Waals surface area contributed by atoms with E-state index in [1.54, 1.807) is 0 Å². The normalized spacial score (nSPS) is 13.0. The zero-order chi connectivity index (χ0) is 64.7. The number of hydrogen-bond donors (Lipinski definition) is 1. The predicted octanol–water partition coefficient (Wildman–Crippen LogP) is 24.0. The zero-order valence-corrected chi connectivity index (χ0v) is 59.3. The highest BCUT2D eigenvalue weighted by molar-refractivity contribution is 5.71. The van der Waals surface area contributed by atoms with E-state index in [9.17, 15) is 19.5 Å². The summed E-state index contributed by atoms with van der Waals surface area (Å²) in [5.41, 5.74) is 0. The highest BCUT2D eigenvalue weighted by Gasteiger charge is 2.25. The van der Waals surface area contributed by atoms with Crippen molar-refractivity contribution in [1.82, 2.24) is 0 Å². The predicted molar refractivity (Wildman–Crippen MR) is 383 cm³/mol. The zero-order valence-electron chi connectivity index (χ0n) is 59.3. The Labute approximate surface area is 551 Å². The maximum absolute atomic E-state index is 13.0. The second kappa shape index (κ2) is 70.6. The monoisotopic (exact) mass is 1250 g/mol. The van der Waals surface area contributed by atoms with Gasteiger partial charge in [0.2, 0.25) is 0 Å². The Morgan fingerprint density at radius 1 is 0.348 bits per heavy atom. The number of hydrogen-bond acceptors (Lipinski definition) is 7. The van der Waals surface area contributed by atoms with Gasteiger partial charge in [-0.15, -0.1) is 0 Å². The minimum atomic E-state index is -1.51. The Kier molecular flexibility index (Phi) is 68.0. The van der Waals surface area contributed by atoms with E-state index in [-0.39, 0.29) is 38.2 Å². The maximum Gasteiger partial charge on any atom is 0.361 e. The molecule has 0 aromatic heterocycles. The van der Waals surface area contributed by atoms with Crippen molar-refractivity contribution in [3.05, 3.63) is 72.9 Å². The molecule has 0 aromatic rings. The first-order chi connectivity index (χ1) is 43.6. The van der Waals surface area contributed by atoms with Crippen LogP contribution in [-0.4, -0.2) is 87.4 Å². The van der Waals surface area contributed by atoms with Crippen LogP contribution in [0.4, 0.5) is 0 Å². The number of likely N-dealkylation sites (N-methyl/N-ethyl adjacent to an activating group) is 1. The lowest BCUT2D eigenvalue weighted by Crippen LogP contribution is -2.40. The van der Waals surface area contributed by atoms with Gasteiger partial charge in [0.15, 0.2) is 6.10 Å². The number of unbranched alkanes of at least 4 members (excludes halogenated alkanes) is 44. The van der Waals surface area contributed by atoms with Crippen LogP contribution in [0.15, 0.2) is 72.9 Å². The Morgan fingerprint density at radius 3 is 0.966 bits per heavy atom. The molecule has 0 bridgehead atoms. The molecule has 0 radical (unpaired) electrons. The van der Waals surface area contributed by atoms with Crippen molar-refractivity contribution in [1.29, 1.82) is 0 Å². The first-order valence-electron chi connectivity index (χ1n) is 38.1. The molecule has 1 N–H and O–H groups in total. The van der Waals surface area contributed by atoms with Crippen LogP contribution in [0.5, 0.6) is 0 Å². The van der Waals surface area contributed by atoms with E-state index in [1.165, 1.54) is 263 Å². The third-order valence-electron chi connectivity index (χ3n) is 16.9. The van der Waals surface area contributed by atoms with Crippen LogP contribution in [0.25, 0.3) is 0 Å². The summed E-state index contributed by atoms with van der Waals surface area (Å²) in [7, 11) is 5.99. The molecule has 518 valence electrons. The van der Waals surface area contributed by atoms with Crippen molar-refractivity contribution in [3.63, 3.8) is 0 Å². The summed E-state index contributed by atoms with van der Waals surface area (Å²) in [5, 5.41) is 9.76. The van der Waals surface area contributed by atoms with Crippen LogP contribution in [0, 0.1) is 0 Å². The van der Waals surface area contributed by atoms with Gasteiger partial charge in [-0.2, -0.15) is 0 Å². The lowest BCUT2D eigenvalue weighted by Gasteiger charge is -2.25. The molecule has 0 aliphatic carbocycles. The molecule has 0 aliphatic rings. The van der Waals surface area contributed by atoms with Crippen LogP contribution in [0.1, 0.15) is 361 Å². The Bertz CT molecular complexity index is 1690. The summed E-state index contributed by atoms with van der Waals surface area (Å²) in [6, 6.07) is 0. The molecule has 9 heteroatoms. The number of carboxylic acid groups (broad SMARTS) is 1. The molecule has 2 atom stereocenters. The number of rotatable bonds is 71. The lowest BCUT2D eigenvalue weighted by atomic mass is 10.0. The number of carbonyl (C=O) groups excluding carboxylic acids is 2. The number of carbonyl (C=O) groups is 3. The van der Waals surface area contributed by atoms with Gasteiger partial charge >= 0.3 is 17.9 Å². The van der Waals surface area contributed by atoms with Gasteiger partial charge in [-0.1, -0.05) is 337 Å². The van der Waals surface area contributed by atoms with Crippen LogP contribution in [0.3, 0.4) is 0 Å². The molecule has 0 rings (SSSR count). The average molecular weight is 1250 g/mol. The summed E-state index contributed by atoms with van der Waals surface area (Å²) in [4.78, 5) is 37.7. The number of allylic oxidation sites excluding steroid dienone is 12. The van der Waals surface area contributed by atoms with Crippen molar-refractivity contribution in [2.24, 2.45) is 0 Å². The third kappa shape index (κ3) is 72.0. The molecule has 0 fully saturated rings. The first kappa shape index (κ1) is 85.7. The van der Waals surface area contributed by atoms with Gasteiger partial charge in [0.25, 0.3) is 6.29 Å². The van der Waals surface area contributed by atoms with Crippen LogP contribution >= 0.6 is 0 Å². The Hall–Kier alpha value is -3.27. The van der Waals surface area contributed by atoms with E-state index < -0.39 is 18.4 Å². The molecule has 9 nitrogen and oxygen atoms in total. The van der Waals surface area contributed by atoms with Crippen molar-refractivity contribution >= 4 is 17.9 Å². The number of carboxylic acids is 1. The fourth-order valence-corrected chi connectivity index (χ4v) is 11.2. The standard InChI is InChI=1S/C80H145NO8/c1-6-8-10-12-14-16-18-20-22-24-26-28-30-32-34-36-38-39-41-42-44-46-48-50-52-54-56-58-60-62-64-66-68-70-77(82)87-74-76(75-88-80(79(84)85)86-73-72-81(3,4)5)89-78(83)71-69-67-65-63-61-59-57-55-53-51-49-47-45-43-40-37-35-33-31-29-27-25-23-21-19-17-15-13-11-9-7-2/h9,11,15,17,21,23-24,26-27,29,33,35,76,80H,6-8,10,12-14,16,18-20,22,25,28,30-32,34,36-75H2,1-5H3/p+1/b11-9-,17-15-,23-21-,26-24-,29-27-,35-33-. The van der Waals surface area contributed by atoms with E-state index in [0.29, 0.717) is 17.4 Å². The summed E-state index contributed by atoms with van der Waals surface area (Å²) < 4.78 is 23.0. The molecule has 0 amide bonds. The van der Waals surface area contributed by atoms with E-state index >= 15 is 0 Å². The lowest BCUT2D eigenvalue weighted by molar-refractivity contribution is -0.870. The summed E-state index contributed by atoms with van der Waals surface area (Å²) in [6.45, 7) is 4.82. The van der Waals surface area contributed by atoms with E-state index in [4.69, 9.17) is 18.9 Å². The van der Waals surface area contributed by atoms with Gasteiger partial charge in [-0.25, -0.2) is 4.79 Å². The number of nitrogens with zero attached hydrogens (tertiary/aromatic N) is 1. The first-order valence-corrected chi connectivity index (χ1v) is 38.1. The quantitative estimate of drug-likeness (QED) is 0.0211. The summed E-state index contributed by atoms with van der Waals surface area (Å²) in [6.07, 6.45) is 91.8. The van der Waals surface area contributed by atoms with Crippen LogP contribution in [0.2, 0.25) is 0 Å². The van der Waals surface area contributed by atoms with Gasteiger partial charge in [-0.3, -0.25) is 9.59 Å². The molecule has 0 saturated heterocycles. The average Bonchev–Trinajstić information content (AvgIpc) is 3.64. The fraction of sp³-hybridized carbons (Fsp3) is 0.812. The SMILES string of the molecule is CC/C=C\C/C=C\C/C=C\C/C=C\C/C=C\CCCCCCCCCCCCCCCCCC(=O)OC(COC(=O)CCCCCCCCCCCCCCCCCCCCCCC/C=C\CCCCCCCCCC)COC(OCC[N+](C)(C)C)C(=O)O. The van der Waals surface area contributed by atoms with E-state index in [2.05, 4.69) is 86.8 Å². The summed E-state index contributed by atoms with van der Waals surface area (Å²) in [5.74, 6) is -1.98. The number of quaternary nitrogens is 1. The summed E-state index contributed by atoms with van der Waals surface area (Å²) >= 11 is 0. The minimum absolute atomic E-state index is 0.179. The van der Waals surface area contributed by atoms with Gasteiger partial charge < -0.3 is 28.5 Å². The Morgan fingerprint density at radius 2 is 0.640 bits per heavy atom. The molecule has 0 spiro atoms. The molecule has 0 saturated carbocycles. The minimum Gasteiger partial charge on any atom is -0.477 e. The second-order valence-electron chi connectivity index (χ2n) is 26.9. The molecule has 2 unspecified atom stereocenters. The third-order valence-corrected chi connectivity index (χ3v) is 16.9. The molecular formula is C80H146NO8+. The van der Waals surface area contributed by atoms with Crippen LogP contribution in [-0.2, 0) is 33.3 Å². The van der Waals surface area contributed by atoms with E-state index in [0.717, 1.165) is 70.6 Å². The van der Waals surface area contributed by atoms with Crippen molar-refractivity contribution in [2.45, 2.75) is 373 Å². The molecule has 0 aromatic carbocycles. The number of aliphatic carboxylic acids is 1. The number of ether oxygens (including phenoxy) is 4. The Balaban J connectivity index is 4.03. The second-order valence-corrected chi connectivity index (χ2v) is 26.9. The van der Waals surface area contributed by atoms with Crippen molar-refractivity contribution in [2.75, 3.05) is 47.5 Å². The van der Waals surface area contributed by atoms with E-state index in [1.807, 2.05) is 21.1 Å². The topological polar surface area (TPSA) is 108 Å². The van der Waals surface area contributed by atoms with Crippen LogP contribution < -0.4 is 0 Å². The van der Waals surface area contributed by atoms with Gasteiger partial charge in [0, 0.05) is 12.8 Å². The molecule has 0 aliphatic heterocycles. The highest BCUT2D eigenvalue weighted by atomic mass is 16.7. The highest BCUT2D eigenvalue weighted by Crippen LogP contribution is 2.19. The van der Waals surface area contributed by atoms with Gasteiger partial charge in [0.05, 0.1) is 34.4 Å². The van der Waals surface area contributed by atoms with Crippen molar-refractivity contribution < 1.29 is 42.9 Å².